The highest BCUT2D eigenvalue weighted by molar-refractivity contribution is 6.13. The Morgan fingerprint density at radius 1 is 1.03 bits per heavy atom. The van der Waals surface area contributed by atoms with Crippen LogP contribution in [0.5, 0.6) is 0 Å². The molecule has 2 heterocycles. The van der Waals surface area contributed by atoms with Crippen LogP contribution in [-0.4, -0.2) is 28.7 Å². The minimum atomic E-state index is -1.05. The maximum absolute atomic E-state index is 14.0. The topological polar surface area (TPSA) is 57.6 Å². The van der Waals surface area contributed by atoms with Gasteiger partial charge in [0.2, 0.25) is 5.91 Å². The number of nitrogens with zero attached hydrogens (tertiary/aromatic N) is 3. The van der Waals surface area contributed by atoms with Crippen molar-refractivity contribution in [1.29, 1.82) is 0 Å². The number of halogens is 1. The second kappa shape index (κ2) is 9.98. The van der Waals surface area contributed by atoms with Crippen molar-refractivity contribution in [2.45, 2.75) is 52.0 Å². The Bertz CT molecular complexity index is 1170. The number of amides is 1. The minimum absolute atomic E-state index is 0.0991. The zero-order valence-electron chi connectivity index (χ0n) is 20.8. The van der Waals surface area contributed by atoms with Crippen molar-refractivity contribution in [3.63, 3.8) is 0 Å². The smallest absolute Gasteiger partial charge is 0.248 e. The van der Waals surface area contributed by atoms with Crippen LogP contribution in [0.4, 0.5) is 10.1 Å². The number of aromatic nitrogens is 1. The van der Waals surface area contributed by atoms with E-state index < -0.39 is 11.5 Å². The van der Waals surface area contributed by atoms with Gasteiger partial charge >= 0.3 is 0 Å². The van der Waals surface area contributed by atoms with E-state index >= 15 is 0 Å². The number of para-hydroxylation sites is 1. The Hall–Kier alpha value is -3.54. The SMILES string of the molecule is CC(C)(C)CCCNC(=O)C1(C)C(c2ccncc2)C(c2ccc(F)cc2)=NN1c1ccccc1. The van der Waals surface area contributed by atoms with Gasteiger partial charge in [-0.15, -0.1) is 0 Å². The number of hydrogen-bond donors (Lipinski definition) is 1. The molecule has 1 aliphatic heterocycles. The Labute approximate surface area is 207 Å². The third-order valence-corrected chi connectivity index (χ3v) is 6.51. The predicted octanol–water partition coefficient (Wildman–Crippen LogP) is 5.93. The standard InChI is InChI=1S/C29H33FN4O/c1-28(2,3)17-8-18-32-27(35)29(4)25(21-15-19-31-20-16-21)26(22-11-13-23(30)14-12-22)33-34(29)24-9-6-5-7-10-24/h5-7,9-16,19-20,25H,8,17-18H2,1-4H3,(H,32,35). The van der Waals surface area contributed by atoms with Gasteiger partial charge < -0.3 is 5.32 Å². The fraction of sp³-hybridized carbons (Fsp3) is 0.345. The highest BCUT2D eigenvalue weighted by Crippen LogP contribution is 2.44. The summed E-state index contributed by atoms with van der Waals surface area (Å²) in [6, 6.07) is 19.8. The number of carbonyl (C=O) groups is 1. The molecular formula is C29H33FN4O. The number of nitrogens with one attached hydrogen (secondary N) is 1. The first kappa shape index (κ1) is 24.6. The van der Waals surface area contributed by atoms with Gasteiger partial charge in [0.25, 0.3) is 0 Å². The lowest BCUT2D eigenvalue weighted by molar-refractivity contribution is -0.126. The number of hydrazone groups is 1. The fourth-order valence-electron chi connectivity index (χ4n) is 4.66. The zero-order valence-corrected chi connectivity index (χ0v) is 20.8. The summed E-state index contributed by atoms with van der Waals surface area (Å²) in [5.74, 6) is -0.802. The Balaban J connectivity index is 1.78. The lowest BCUT2D eigenvalue weighted by atomic mass is 9.75. The third kappa shape index (κ3) is 5.26. The molecule has 0 saturated carbocycles. The minimum Gasteiger partial charge on any atom is -0.354 e. The van der Waals surface area contributed by atoms with Crippen LogP contribution >= 0.6 is 0 Å². The maximum atomic E-state index is 14.0. The molecule has 35 heavy (non-hydrogen) atoms. The van der Waals surface area contributed by atoms with Gasteiger partial charge in [-0.05, 0) is 72.7 Å². The third-order valence-electron chi connectivity index (χ3n) is 6.51. The van der Waals surface area contributed by atoms with E-state index in [9.17, 15) is 9.18 Å². The molecule has 0 aliphatic carbocycles. The van der Waals surface area contributed by atoms with Crippen LogP contribution in [0.1, 0.15) is 57.6 Å². The quantitative estimate of drug-likeness (QED) is 0.434. The van der Waals surface area contributed by atoms with Crippen LogP contribution in [0.3, 0.4) is 0 Å². The van der Waals surface area contributed by atoms with Gasteiger partial charge in [0.15, 0.2) is 5.54 Å². The molecule has 0 spiro atoms. The number of anilines is 1. The number of rotatable bonds is 7. The molecule has 1 N–H and O–H groups in total. The molecule has 1 aromatic heterocycles. The molecule has 2 unspecified atom stereocenters. The van der Waals surface area contributed by atoms with Crippen molar-refractivity contribution < 1.29 is 9.18 Å². The molecule has 0 fully saturated rings. The molecule has 0 radical (unpaired) electrons. The van der Waals surface area contributed by atoms with Crippen molar-refractivity contribution in [2.24, 2.45) is 10.5 Å². The van der Waals surface area contributed by atoms with E-state index in [0.717, 1.165) is 29.7 Å². The van der Waals surface area contributed by atoms with Crippen LogP contribution in [0.2, 0.25) is 0 Å². The second-order valence-corrected chi connectivity index (χ2v) is 10.4. The lowest BCUT2D eigenvalue weighted by Crippen LogP contribution is -2.57. The van der Waals surface area contributed by atoms with Gasteiger partial charge in [-0.2, -0.15) is 5.10 Å². The van der Waals surface area contributed by atoms with Crippen molar-refractivity contribution in [3.05, 3.63) is 96.1 Å². The maximum Gasteiger partial charge on any atom is 0.248 e. The molecular weight excluding hydrogens is 439 g/mol. The van der Waals surface area contributed by atoms with Crippen LogP contribution in [0, 0.1) is 11.2 Å². The molecule has 2 aromatic carbocycles. The average molecular weight is 473 g/mol. The summed E-state index contributed by atoms with van der Waals surface area (Å²) >= 11 is 0. The largest absolute Gasteiger partial charge is 0.354 e. The summed E-state index contributed by atoms with van der Waals surface area (Å²) in [4.78, 5) is 18.2. The predicted molar refractivity (Wildman–Crippen MR) is 139 cm³/mol. The van der Waals surface area contributed by atoms with E-state index in [2.05, 4.69) is 31.1 Å². The molecule has 4 rings (SSSR count). The monoisotopic (exact) mass is 472 g/mol. The first-order valence-electron chi connectivity index (χ1n) is 12.1. The molecule has 1 aliphatic rings. The summed E-state index contributed by atoms with van der Waals surface area (Å²) in [6.45, 7) is 9.12. The Kier molecular flexibility index (Phi) is 7.01. The highest BCUT2D eigenvalue weighted by atomic mass is 19.1. The average Bonchev–Trinajstić information content (AvgIpc) is 3.17. The van der Waals surface area contributed by atoms with Crippen molar-refractivity contribution in [1.82, 2.24) is 10.3 Å². The first-order chi connectivity index (χ1) is 16.7. The van der Waals surface area contributed by atoms with Gasteiger partial charge in [-0.25, -0.2) is 9.40 Å². The molecule has 6 heteroatoms. The van der Waals surface area contributed by atoms with Gasteiger partial charge in [-0.3, -0.25) is 9.78 Å². The van der Waals surface area contributed by atoms with E-state index in [1.807, 2.05) is 54.4 Å². The number of carbonyl (C=O) groups excluding carboxylic acids is 1. The number of hydrogen-bond acceptors (Lipinski definition) is 4. The highest BCUT2D eigenvalue weighted by Gasteiger charge is 2.54. The van der Waals surface area contributed by atoms with E-state index in [1.165, 1.54) is 12.1 Å². The van der Waals surface area contributed by atoms with Gasteiger partial charge in [-0.1, -0.05) is 51.1 Å². The summed E-state index contributed by atoms with van der Waals surface area (Å²) in [5.41, 5.74) is 2.39. The summed E-state index contributed by atoms with van der Waals surface area (Å²) in [7, 11) is 0. The molecule has 3 aromatic rings. The van der Waals surface area contributed by atoms with Crippen molar-refractivity contribution in [3.8, 4) is 0 Å². The zero-order chi connectivity index (χ0) is 25.1. The molecule has 5 nitrogen and oxygen atoms in total. The number of pyridine rings is 1. The van der Waals surface area contributed by atoms with Gasteiger partial charge in [0, 0.05) is 18.9 Å². The normalized spacial score (nSPS) is 20.0. The summed E-state index contributed by atoms with van der Waals surface area (Å²) < 4.78 is 13.7. The van der Waals surface area contributed by atoms with E-state index in [1.54, 1.807) is 24.5 Å². The molecule has 0 bridgehead atoms. The van der Waals surface area contributed by atoms with Gasteiger partial charge in [0.05, 0.1) is 17.3 Å². The van der Waals surface area contributed by atoms with E-state index in [0.29, 0.717) is 12.3 Å². The molecule has 182 valence electrons. The van der Waals surface area contributed by atoms with Crippen molar-refractivity contribution in [2.75, 3.05) is 11.6 Å². The summed E-state index contributed by atoms with van der Waals surface area (Å²) in [5, 5.41) is 10.0. The van der Waals surface area contributed by atoms with Crippen LogP contribution in [0.25, 0.3) is 0 Å². The number of benzene rings is 2. The molecule has 1 amide bonds. The van der Waals surface area contributed by atoms with E-state index in [4.69, 9.17) is 5.10 Å². The lowest BCUT2D eigenvalue weighted by Gasteiger charge is -2.38. The van der Waals surface area contributed by atoms with Crippen LogP contribution in [0.15, 0.2) is 84.2 Å². The van der Waals surface area contributed by atoms with Crippen molar-refractivity contribution >= 4 is 17.3 Å². The molecule has 0 saturated heterocycles. The summed E-state index contributed by atoms with van der Waals surface area (Å²) in [6.07, 6.45) is 5.36. The van der Waals surface area contributed by atoms with Gasteiger partial charge in [0.1, 0.15) is 5.82 Å². The van der Waals surface area contributed by atoms with Crippen LogP contribution < -0.4 is 10.3 Å². The van der Waals surface area contributed by atoms with E-state index in [-0.39, 0.29) is 17.1 Å². The molecule has 2 atom stereocenters. The fourth-order valence-corrected chi connectivity index (χ4v) is 4.66. The Morgan fingerprint density at radius 2 is 1.69 bits per heavy atom. The first-order valence-corrected chi connectivity index (χ1v) is 12.1. The Morgan fingerprint density at radius 3 is 2.31 bits per heavy atom. The van der Waals surface area contributed by atoms with Crippen LogP contribution in [-0.2, 0) is 4.79 Å². The second-order valence-electron chi connectivity index (χ2n) is 10.4.